The van der Waals surface area contributed by atoms with Gasteiger partial charge < -0.3 is 15.4 Å². The van der Waals surface area contributed by atoms with Crippen LogP contribution < -0.4 is 10.6 Å². The molecule has 2 N–H and O–H groups in total. The molecule has 0 radical (unpaired) electrons. The van der Waals surface area contributed by atoms with Crippen molar-refractivity contribution in [1.82, 2.24) is 14.5 Å². The molecule has 4 amide bonds. The SMILES string of the molecule is CC1(c2ccc([N+](=O)[O-])cc2)NC(=O)N(CC(=O)Nc2ccc(S(=O)(=O)N3CCOCC3)cc2)C1=O. The van der Waals surface area contributed by atoms with E-state index in [4.69, 9.17) is 4.74 Å². The molecular weight excluding hydrogens is 494 g/mol. The van der Waals surface area contributed by atoms with Crippen molar-refractivity contribution in [2.24, 2.45) is 0 Å². The Labute approximate surface area is 206 Å². The Kier molecular flexibility index (Phi) is 6.75. The molecule has 1 atom stereocenters. The number of morpholine rings is 1. The third-order valence-corrected chi connectivity index (χ3v) is 7.89. The van der Waals surface area contributed by atoms with Gasteiger partial charge in [0.05, 0.1) is 23.0 Å². The molecule has 2 fully saturated rings. The van der Waals surface area contributed by atoms with Crippen molar-refractivity contribution in [2.75, 3.05) is 38.2 Å². The van der Waals surface area contributed by atoms with Gasteiger partial charge in [-0.05, 0) is 48.9 Å². The summed E-state index contributed by atoms with van der Waals surface area (Å²) in [7, 11) is -3.69. The average Bonchev–Trinajstić information content (AvgIpc) is 3.08. The number of non-ortho nitro benzene ring substituents is 1. The van der Waals surface area contributed by atoms with Gasteiger partial charge in [-0.1, -0.05) is 0 Å². The van der Waals surface area contributed by atoms with Crippen LogP contribution in [0.15, 0.2) is 53.4 Å². The number of amides is 4. The molecule has 2 aromatic rings. The van der Waals surface area contributed by atoms with Gasteiger partial charge in [0.2, 0.25) is 15.9 Å². The van der Waals surface area contributed by atoms with E-state index in [2.05, 4.69) is 10.6 Å². The second-order valence-electron chi connectivity index (χ2n) is 8.34. The lowest BCUT2D eigenvalue weighted by molar-refractivity contribution is -0.384. The molecular formula is C22H23N5O8S. The monoisotopic (exact) mass is 517 g/mol. The summed E-state index contributed by atoms with van der Waals surface area (Å²) < 4.78 is 31.9. The molecule has 2 saturated heterocycles. The molecule has 1 unspecified atom stereocenters. The molecule has 4 rings (SSSR count). The lowest BCUT2D eigenvalue weighted by atomic mass is 9.92. The van der Waals surface area contributed by atoms with Crippen molar-refractivity contribution in [3.05, 3.63) is 64.2 Å². The standard InChI is InChI=1S/C22H23N5O8S/c1-22(15-2-6-17(7-3-15)27(31)32)20(29)26(21(30)24-22)14-19(28)23-16-4-8-18(9-5-16)36(33,34)25-10-12-35-13-11-25/h2-9H,10-14H2,1H3,(H,23,28)(H,24,30). The van der Waals surface area contributed by atoms with Crippen molar-refractivity contribution in [3.8, 4) is 0 Å². The van der Waals surface area contributed by atoms with Gasteiger partial charge in [0.1, 0.15) is 12.1 Å². The smallest absolute Gasteiger partial charge is 0.325 e. The quantitative estimate of drug-likeness (QED) is 0.312. The Morgan fingerprint density at radius 2 is 1.72 bits per heavy atom. The molecule has 2 heterocycles. The summed E-state index contributed by atoms with van der Waals surface area (Å²) in [5.74, 6) is -1.36. The number of ether oxygens (including phenoxy) is 1. The summed E-state index contributed by atoms with van der Waals surface area (Å²) in [6.45, 7) is 2.01. The van der Waals surface area contributed by atoms with E-state index in [1.54, 1.807) is 0 Å². The predicted octanol–water partition coefficient (Wildman–Crippen LogP) is 1.02. The number of nitrogens with zero attached hydrogens (tertiary/aromatic N) is 3. The Morgan fingerprint density at radius 3 is 2.31 bits per heavy atom. The highest BCUT2D eigenvalue weighted by Gasteiger charge is 2.49. The van der Waals surface area contributed by atoms with Gasteiger partial charge in [-0.15, -0.1) is 0 Å². The summed E-state index contributed by atoms with van der Waals surface area (Å²) >= 11 is 0. The number of hydrogen-bond acceptors (Lipinski definition) is 8. The van der Waals surface area contributed by atoms with Gasteiger partial charge in [-0.2, -0.15) is 4.31 Å². The second kappa shape index (κ2) is 9.64. The maximum atomic E-state index is 13.0. The number of benzene rings is 2. The Bertz CT molecular complexity index is 1310. The number of nitro benzene ring substituents is 1. The van der Waals surface area contributed by atoms with Crippen LogP contribution in [0.1, 0.15) is 12.5 Å². The number of carbonyl (C=O) groups excluding carboxylic acids is 3. The van der Waals surface area contributed by atoms with Gasteiger partial charge in [0, 0.05) is 30.9 Å². The highest BCUT2D eigenvalue weighted by atomic mass is 32.2. The summed E-state index contributed by atoms with van der Waals surface area (Å²) in [5, 5.41) is 15.9. The van der Waals surface area contributed by atoms with Gasteiger partial charge in [-0.25, -0.2) is 13.2 Å². The number of rotatable bonds is 7. The van der Waals surface area contributed by atoms with Crippen LogP contribution >= 0.6 is 0 Å². The lowest BCUT2D eigenvalue weighted by Gasteiger charge is -2.26. The van der Waals surface area contributed by atoms with E-state index in [0.717, 1.165) is 4.90 Å². The molecule has 0 spiro atoms. The van der Waals surface area contributed by atoms with Crippen LogP contribution in [-0.2, 0) is 29.9 Å². The number of imide groups is 1. The first-order chi connectivity index (χ1) is 17.0. The third kappa shape index (κ3) is 4.78. The minimum Gasteiger partial charge on any atom is -0.379 e. The van der Waals surface area contributed by atoms with Crippen molar-refractivity contribution >= 4 is 39.2 Å². The number of hydrogen-bond donors (Lipinski definition) is 2. The second-order valence-corrected chi connectivity index (χ2v) is 10.3. The maximum absolute atomic E-state index is 13.0. The Morgan fingerprint density at radius 1 is 1.11 bits per heavy atom. The van der Waals surface area contributed by atoms with Gasteiger partial charge in [0.25, 0.3) is 11.6 Å². The zero-order chi connectivity index (χ0) is 26.1. The van der Waals surface area contributed by atoms with Crippen molar-refractivity contribution in [2.45, 2.75) is 17.4 Å². The molecule has 0 aliphatic carbocycles. The van der Waals surface area contributed by atoms with Crippen LogP contribution in [0.25, 0.3) is 0 Å². The number of sulfonamides is 1. The average molecular weight is 518 g/mol. The zero-order valence-electron chi connectivity index (χ0n) is 19.2. The number of carbonyl (C=O) groups is 3. The number of nitrogens with one attached hydrogen (secondary N) is 2. The Hall–Kier alpha value is -3.88. The molecule has 0 bridgehead atoms. The Balaban J connectivity index is 1.41. The fraction of sp³-hybridized carbons (Fsp3) is 0.318. The van der Waals surface area contributed by atoms with E-state index in [-0.39, 0.29) is 29.4 Å². The van der Waals surface area contributed by atoms with Crippen molar-refractivity contribution < 1.29 is 32.5 Å². The molecule has 2 aromatic carbocycles. The van der Waals surface area contributed by atoms with Crippen LogP contribution in [0.5, 0.6) is 0 Å². The molecule has 190 valence electrons. The zero-order valence-corrected chi connectivity index (χ0v) is 20.0. The van der Waals surface area contributed by atoms with Crippen LogP contribution in [0.2, 0.25) is 0 Å². The van der Waals surface area contributed by atoms with Crippen LogP contribution in [0.4, 0.5) is 16.2 Å². The van der Waals surface area contributed by atoms with E-state index in [1.807, 2.05) is 0 Å². The van der Waals surface area contributed by atoms with Crippen molar-refractivity contribution in [3.63, 3.8) is 0 Å². The number of urea groups is 1. The highest BCUT2D eigenvalue weighted by molar-refractivity contribution is 7.89. The number of nitro groups is 1. The number of anilines is 1. The molecule has 13 nitrogen and oxygen atoms in total. The van der Waals surface area contributed by atoms with Crippen LogP contribution in [0, 0.1) is 10.1 Å². The topological polar surface area (TPSA) is 168 Å². The van der Waals surface area contributed by atoms with Crippen LogP contribution in [-0.4, -0.2) is 73.2 Å². The maximum Gasteiger partial charge on any atom is 0.325 e. The summed E-state index contributed by atoms with van der Waals surface area (Å²) in [6.07, 6.45) is 0. The van der Waals surface area contributed by atoms with Gasteiger partial charge >= 0.3 is 6.03 Å². The van der Waals surface area contributed by atoms with E-state index < -0.39 is 44.9 Å². The largest absolute Gasteiger partial charge is 0.379 e. The first-order valence-corrected chi connectivity index (χ1v) is 12.3. The highest BCUT2D eigenvalue weighted by Crippen LogP contribution is 2.30. The van der Waals surface area contributed by atoms with Gasteiger partial charge in [0.15, 0.2) is 0 Å². The van der Waals surface area contributed by atoms with Gasteiger partial charge in [-0.3, -0.25) is 24.6 Å². The fourth-order valence-corrected chi connectivity index (χ4v) is 5.35. The third-order valence-electron chi connectivity index (χ3n) is 5.98. The molecule has 2 aliphatic rings. The molecule has 0 aromatic heterocycles. The summed E-state index contributed by atoms with van der Waals surface area (Å²) in [5.41, 5.74) is -1.06. The molecule has 36 heavy (non-hydrogen) atoms. The summed E-state index contributed by atoms with van der Waals surface area (Å²) in [4.78, 5) is 49.1. The van der Waals surface area contributed by atoms with E-state index >= 15 is 0 Å². The first-order valence-electron chi connectivity index (χ1n) is 10.9. The normalized spacial score (nSPS) is 20.8. The van der Waals surface area contributed by atoms with E-state index in [0.29, 0.717) is 18.8 Å². The molecule has 2 aliphatic heterocycles. The van der Waals surface area contributed by atoms with Crippen molar-refractivity contribution in [1.29, 1.82) is 0 Å². The fourth-order valence-electron chi connectivity index (χ4n) is 3.94. The molecule has 14 heteroatoms. The first kappa shape index (κ1) is 25.2. The van der Waals surface area contributed by atoms with Crippen LogP contribution in [0.3, 0.4) is 0 Å². The lowest BCUT2D eigenvalue weighted by Crippen LogP contribution is -2.42. The molecule has 0 saturated carbocycles. The van der Waals surface area contributed by atoms with E-state index in [1.165, 1.54) is 59.8 Å². The minimum atomic E-state index is -3.69. The minimum absolute atomic E-state index is 0.0651. The van der Waals surface area contributed by atoms with E-state index in [9.17, 15) is 32.9 Å². The predicted molar refractivity (Wildman–Crippen MR) is 125 cm³/mol. The summed E-state index contributed by atoms with van der Waals surface area (Å²) in [6, 6.07) is 9.94.